The number of alkyl halides is 3. The molecular formula is C19H26F3N3O3S. The molecule has 1 unspecified atom stereocenters. The molecule has 29 heavy (non-hydrogen) atoms. The quantitative estimate of drug-likeness (QED) is 0.617. The van der Waals surface area contributed by atoms with Crippen LogP contribution in [0.15, 0.2) is 6.07 Å². The molecule has 0 bridgehead atoms. The minimum atomic E-state index is -4.36. The highest BCUT2D eigenvalue weighted by molar-refractivity contribution is 7.90. The number of urea groups is 1. The molecule has 10 heteroatoms. The molecule has 3 rings (SSSR count). The second-order valence-corrected chi connectivity index (χ2v) is 9.64. The van der Waals surface area contributed by atoms with E-state index in [0.29, 0.717) is 0 Å². The van der Waals surface area contributed by atoms with Crippen molar-refractivity contribution in [1.82, 2.24) is 10.0 Å². The largest absolute Gasteiger partial charge is 0.401 e. The van der Waals surface area contributed by atoms with Crippen LogP contribution in [0, 0.1) is 0 Å². The Kier molecular flexibility index (Phi) is 6.42. The predicted octanol–water partition coefficient (Wildman–Crippen LogP) is 3.05. The van der Waals surface area contributed by atoms with Crippen molar-refractivity contribution in [3.8, 4) is 0 Å². The Bertz CT molecular complexity index is 853. The van der Waals surface area contributed by atoms with Crippen LogP contribution in [-0.4, -0.2) is 39.0 Å². The normalized spacial score (nSPS) is 17.0. The summed E-state index contributed by atoms with van der Waals surface area (Å²) < 4.78 is 63.0. The molecule has 6 nitrogen and oxygen atoms in total. The molecule has 2 aliphatic carbocycles. The molecule has 162 valence electrons. The number of benzene rings is 1. The number of fused-ring (bicyclic) bond motifs is 2. The summed E-state index contributed by atoms with van der Waals surface area (Å²) >= 11 is 0. The van der Waals surface area contributed by atoms with Crippen molar-refractivity contribution in [2.75, 3.05) is 17.6 Å². The molecule has 0 saturated carbocycles. The van der Waals surface area contributed by atoms with Gasteiger partial charge < -0.3 is 10.6 Å². The number of carbonyl (C=O) groups excluding carboxylic acids is 1. The van der Waals surface area contributed by atoms with Crippen LogP contribution in [0.5, 0.6) is 0 Å². The van der Waals surface area contributed by atoms with Gasteiger partial charge in [-0.2, -0.15) is 13.2 Å². The molecule has 0 heterocycles. The second kappa shape index (κ2) is 8.51. The van der Waals surface area contributed by atoms with E-state index in [1.807, 2.05) is 4.72 Å². The lowest BCUT2D eigenvalue weighted by Crippen LogP contribution is -2.40. The number of sulfonamides is 1. The van der Waals surface area contributed by atoms with Crippen LogP contribution in [0.3, 0.4) is 0 Å². The van der Waals surface area contributed by atoms with Gasteiger partial charge in [0.1, 0.15) is 0 Å². The number of hydrogen-bond acceptors (Lipinski definition) is 4. The fourth-order valence-electron chi connectivity index (χ4n) is 4.02. The minimum Gasteiger partial charge on any atom is -0.307 e. The van der Waals surface area contributed by atoms with Gasteiger partial charge in [0.05, 0.1) is 12.3 Å². The topological polar surface area (TPSA) is 87.3 Å². The average molecular weight is 433 g/mol. The molecule has 0 aliphatic heterocycles. The second-order valence-electron chi connectivity index (χ2n) is 7.79. The van der Waals surface area contributed by atoms with E-state index in [4.69, 9.17) is 0 Å². The van der Waals surface area contributed by atoms with Crippen molar-refractivity contribution in [2.24, 2.45) is 0 Å². The van der Waals surface area contributed by atoms with Gasteiger partial charge in [-0.3, -0.25) is 0 Å². The number of halogens is 3. The number of amides is 2. The predicted molar refractivity (Wildman–Crippen MR) is 105 cm³/mol. The van der Waals surface area contributed by atoms with Gasteiger partial charge in [0.25, 0.3) is 0 Å². The zero-order valence-corrected chi connectivity index (χ0v) is 17.1. The summed E-state index contributed by atoms with van der Waals surface area (Å²) in [5.74, 6) is -0.447. The number of hydrogen-bond donors (Lipinski definition) is 3. The summed E-state index contributed by atoms with van der Waals surface area (Å²) in [6.07, 6.45) is 1.24. The SMILES string of the molecule is CC(CCS(=O)(=O)NC(=O)Nc1c2c(cc3c1CCC3)CCC2)NCC(F)(F)F. The molecule has 2 amide bonds. The molecule has 0 saturated heterocycles. The third-order valence-corrected chi connectivity index (χ3v) is 6.70. The van der Waals surface area contributed by atoms with E-state index in [0.717, 1.165) is 55.3 Å². The molecule has 0 fully saturated rings. The standard InChI is InChI=1S/C19H26F3N3O3S/c1-12(23-11-19(20,21)22)8-9-29(27,28)25-18(26)24-17-15-6-2-4-13(15)10-14-5-3-7-16(14)17/h10,12,23H,2-9,11H2,1H3,(H2,24,25,26). The third kappa shape index (κ3) is 5.85. The molecule has 1 aromatic rings. The van der Waals surface area contributed by atoms with Crippen LogP contribution in [-0.2, 0) is 35.7 Å². The van der Waals surface area contributed by atoms with Gasteiger partial charge in [-0.05, 0) is 74.1 Å². The van der Waals surface area contributed by atoms with Crippen molar-refractivity contribution in [2.45, 2.75) is 64.1 Å². The molecular weight excluding hydrogens is 407 g/mol. The molecule has 0 radical (unpaired) electrons. The maximum absolute atomic E-state index is 12.4. The highest BCUT2D eigenvalue weighted by Gasteiger charge is 2.28. The van der Waals surface area contributed by atoms with E-state index in [2.05, 4.69) is 16.7 Å². The minimum absolute atomic E-state index is 0.0468. The van der Waals surface area contributed by atoms with Crippen molar-refractivity contribution in [3.05, 3.63) is 28.3 Å². The Balaban J connectivity index is 1.58. The number of rotatable bonds is 7. The maximum Gasteiger partial charge on any atom is 0.401 e. The summed E-state index contributed by atoms with van der Waals surface area (Å²) in [4.78, 5) is 12.4. The van der Waals surface area contributed by atoms with Crippen molar-refractivity contribution in [3.63, 3.8) is 0 Å². The van der Waals surface area contributed by atoms with Crippen LogP contribution in [0.2, 0.25) is 0 Å². The van der Waals surface area contributed by atoms with Crippen molar-refractivity contribution in [1.29, 1.82) is 0 Å². The van der Waals surface area contributed by atoms with Gasteiger partial charge in [-0.15, -0.1) is 0 Å². The first-order valence-electron chi connectivity index (χ1n) is 9.82. The Labute approximate surface area is 168 Å². The smallest absolute Gasteiger partial charge is 0.307 e. The lowest BCUT2D eigenvalue weighted by molar-refractivity contribution is -0.126. The van der Waals surface area contributed by atoms with E-state index in [-0.39, 0.29) is 6.42 Å². The summed E-state index contributed by atoms with van der Waals surface area (Å²) in [7, 11) is -3.96. The van der Waals surface area contributed by atoms with Crippen molar-refractivity contribution >= 4 is 21.7 Å². The summed E-state index contributed by atoms with van der Waals surface area (Å²) in [6, 6.07) is 0.729. The number of anilines is 1. The summed E-state index contributed by atoms with van der Waals surface area (Å²) in [5.41, 5.74) is 5.34. The van der Waals surface area contributed by atoms with E-state index in [9.17, 15) is 26.4 Å². The Morgan fingerprint density at radius 3 is 2.24 bits per heavy atom. The van der Waals surface area contributed by atoms with Crippen LogP contribution < -0.4 is 15.4 Å². The lowest BCUT2D eigenvalue weighted by atomic mass is 9.99. The first-order chi connectivity index (χ1) is 13.5. The monoisotopic (exact) mass is 433 g/mol. The molecule has 0 aromatic heterocycles. The first kappa shape index (κ1) is 21.9. The van der Waals surface area contributed by atoms with Gasteiger partial charge in [0.2, 0.25) is 10.0 Å². The number of carbonyl (C=O) groups is 1. The van der Waals surface area contributed by atoms with Gasteiger partial charge in [0, 0.05) is 11.7 Å². The Hall–Kier alpha value is -1.81. The maximum atomic E-state index is 12.4. The van der Waals surface area contributed by atoms with Gasteiger partial charge in [-0.25, -0.2) is 17.9 Å². The zero-order valence-electron chi connectivity index (χ0n) is 16.3. The highest BCUT2D eigenvalue weighted by atomic mass is 32.2. The fourth-order valence-corrected chi connectivity index (χ4v) is 5.12. The fraction of sp³-hybridized carbons (Fsp3) is 0.632. The summed E-state index contributed by atoms with van der Waals surface area (Å²) in [5, 5.41) is 4.96. The first-order valence-corrected chi connectivity index (χ1v) is 11.5. The summed E-state index contributed by atoms with van der Waals surface area (Å²) in [6.45, 7) is 0.282. The zero-order chi connectivity index (χ0) is 21.2. The third-order valence-electron chi connectivity index (χ3n) is 5.43. The molecule has 0 spiro atoms. The van der Waals surface area contributed by atoms with Gasteiger partial charge in [0.15, 0.2) is 0 Å². The molecule has 1 aromatic carbocycles. The Morgan fingerprint density at radius 1 is 1.10 bits per heavy atom. The van der Waals surface area contributed by atoms with Gasteiger partial charge >= 0.3 is 12.2 Å². The van der Waals surface area contributed by atoms with E-state index in [1.54, 1.807) is 0 Å². The highest BCUT2D eigenvalue weighted by Crippen LogP contribution is 2.38. The Morgan fingerprint density at radius 2 is 1.69 bits per heavy atom. The number of aryl methyl sites for hydroxylation is 2. The average Bonchev–Trinajstić information content (AvgIpc) is 3.26. The van der Waals surface area contributed by atoms with E-state index < -0.39 is 40.6 Å². The van der Waals surface area contributed by atoms with Crippen LogP contribution >= 0.6 is 0 Å². The number of nitrogens with one attached hydrogen (secondary N) is 3. The molecule has 2 aliphatic rings. The molecule has 1 atom stereocenters. The lowest BCUT2D eigenvalue weighted by Gasteiger charge is -2.17. The van der Waals surface area contributed by atoms with Crippen LogP contribution in [0.4, 0.5) is 23.7 Å². The van der Waals surface area contributed by atoms with E-state index >= 15 is 0 Å². The van der Waals surface area contributed by atoms with Crippen molar-refractivity contribution < 1.29 is 26.4 Å². The van der Waals surface area contributed by atoms with E-state index in [1.165, 1.54) is 18.1 Å². The van der Waals surface area contributed by atoms with Crippen LogP contribution in [0.25, 0.3) is 0 Å². The molecule has 3 N–H and O–H groups in total. The van der Waals surface area contributed by atoms with Gasteiger partial charge in [-0.1, -0.05) is 6.07 Å². The van der Waals surface area contributed by atoms with Crippen LogP contribution in [0.1, 0.15) is 48.4 Å².